The molecule has 1 aliphatic heterocycles. The maximum Gasteiger partial charge on any atom is 0.212 e. The third-order valence-electron chi connectivity index (χ3n) is 3.53. The third-order valence-corrected chi connectivity index (χ3v) is 5.13. The number of hydrogen-bond donors (Lipinski definition) is 2. The van der Waals surface area contributed by atoms with Crippen LogP contribution in [0.1, 0.15) is 25.7 Å². The molecule has 2 rings (SSSR count). The third kappa shape index (κ3) is 4.54. The number of nitrogens with two attached hydrogens (primary N) is 1. The van der Waals surface area contributed by atoms with E-state index in [1.54, 1.807) is 0 Å². The van der Waals surface area contributed by atoms with Gasteiger partial charge in [0.2, 0.25) is 10.0 Å². The van der Waals surface area contributed by atoms with Crippen LogP contribution < -0.4 is 10.5 Å². The molecule has 3 N–H and O–H groups in total. The van der Waals surface area contributed by atoms with Crippen molar-refractivity contribution in [2.45, 2.75) is 31.7 Å². The predicted octanol–water partition coefficient (Wildman–Crippen LogP) is -0.261. The summed E-state index contributed by atoms with van der Waals surface area (Å²) < 4.78 is 26.5. The Bertz CT molecular complexity index is 333. The number of likely N-dealkylation sites (tertiary alicyclic amines) is 1. The second kappa shape index (κ2) is 5.65. The van der Waals surface area contributed by atoms with Crippen molar-refractivity contribution in [3.05, 3.63) is 0 Å². The van der Waals surface area contributed by atoms with Gasteiger partial charge in [-0.2, -0.15) is 0 Å². The fraction of sp³-hybridized carbons (Fsp3) is 1.00. The molecule has 0 atom stereocenters. The second-order valence-corrected chi connectivity index (χ2v) is 7.05. The number of nitrogens with zero attached hydrogens (tertiary/aromatic N) is 1. The van der Waals surface area contributed by atoms with Crippen molar-refractivity contribution in [3.63, 3.8) is 0 Å². The molecular weight excluding hydrogens is 238 g/mol. The maximum absolute atomic E-state index is 11.8. The number of sulfonamides is 1. The molecule has 1 heterocycles. The zero-order chi connectivity index (χ0) is 12.3. The lowest BCUT2D eigenvalue weighted by Gasteiger charge is -2.31. The highest BCUT2D eigenvalue weighted by Crippen LogP contribution is 2.30. The number of piperidine rings is 1. The van der Waals surface area contributed by atoms with Gasteiger partial charge in [0.15, 0.2) is 0 Å². The van der Waals surface area contributed by atoms with Crippen LogP contribution in [0, 0.1) is 5.92 Å². The van der Waals surface area contributed by atoms with Gasteiger partial charge < -0.3 is 10.6 Å². The van der Waals surface area contributed by atoms with E-state index in [0.29, 0.717) is 18.2 Å². The van der Waals surface area contributed by atoms with E-state index in [2.05, 4.69) is 9.62 Å². The van der Waals surface area contributed by atoms with E-state index in [4.69, 9.17) is 5.73 Å². The lowest BCUT2D eigenvalue weighted by atomic mass is 10.1. The van der Waals surface area contributed by atoms with Crippen LogP contribution in [0.2, 0.25) is 0 Å². The maximum atomic E-state index is 11.8. The highest BCUT2D eigenvalue weighted by Gasteiger charge is 2.30. The molecule has 0 radical (unpaired) electrons. The first-order valence-electron chi connectivity index (χ1n) is 6.51. The van der Waals surface area contributed by atoms with Gasteiger partial charge in [-0.25, -0.2) is 13.1 Å². The molecule has 1 aliphatic carbocycles. The van der Waals surface area contributed by atoms with Crippen LogP contribution >= 0.6 is 0 Å². The Morgan fingerprint density at radius 2 is 1.82 bits per heavy atom. The topological polar surface area (TPSA) is 75.4 Å². The first kappa shape index (κ1) is 13.3. The average molecular weight is 261 g/mol. The average Bonchev–Trinajstić information content (AvgIpc) is 3.04. The van der Waals surface area contributed by atoms with Crippen LogP contribution in [0.4, 0.5) is 0 Å². The van der Waals surface area contributed by atoms with Crippen molar-refractivity contribution < 1.29 is 8.42 Å². The Hall–Kier alpha value is -0.170. The Morgan fingerprint density at radius 3 is 2.35 bits per heavy atom. The van der Waals surface area contributed by atoms with Crippen LogP contribution in [0.25, 0.3) is 0 Å². The van der Waals surface area contributed by atoms with Crippen molar-refractivity contribution in [1.29, 1.82) is 0 Å². The van der Waals surface area contributed by atoms with Gasteiger partial charge in [0, 0.05) is 19.1 Å². The van der Waals surface area contributed by atoms with Crippen molar-refractivity contribution in [2.24, 2.45) is 11.7 Å². The number of hydrogen-bond acceptors (Lipinski definition) is 4. The molecule has 0 unspecified atom stereocenters. The van der Waals surface area contributed by atoms with E-state index in [1.807, 2.05) is 0 Å². The number of nitrogens with one attached hydrogen (secondary N) is 1. The van der Waals surface area contributed by atoms with Crippen LogP contribution in [0.15, 0.2) is 0 Å². The van der Waals surface area contributed by atoms with E-state index >= 15 is 0 Å². The van der Waals surface area contributed by atoms with E-state index in [1.165, 1.54) is 0 Å². The molecule has 0 aromatic heterocycles. The fourth-order valence-corrected chi connectivity index (χ4v) is 4.15. The minimum Gasteiger partial charge on any atom is -0.329 e. The van der Waals surface area contributed by atoms with Gasteiger partial charge in [0.25, 0.3) is 0 Å². The normalized spacial score (nSPS) is 24.1. The van der Waals surface area contributed by atoms with Gasteiger partial charge in [-0.05, 0) is 44.7 Å². The molecule has 5 nitrogen and oxygen atoms in total. The monoisotopic (exact) mass is 261 g/mol. The SMILES string of the molecule is NCCN1CCC(NS(=O)(=O)CC2CC2)CC1. The molecule has 2 aliphatic rings. The van der Waals surface area contributed by atoms with E-state index in [-0.39, 0.29) is 6.04 Å². The molecule has 100 valence electrons. The van der Waals surface area contributed by atoms with Crippen molar-refractivity contribution in [2.75, 3.05) is 31.9 Å². The van der Waals surface area contributed by atoms with Crippen LogP contribution in [-0.2, 0) is 10.0 Å². The molecule has 0 spiro atoms. The smallest absolute Gasteiger partial charge is 0.212 e. The fourth-order valence-electron chi connectivity index (χ4n) is 2.35. The highest BCUT2D eigenvalue weighted by atomic mass is 32.2. The molecule has 0 aromatic carbocycles. The van der Waals surface area contributed by atoms with E-state index in [0.717, 1.165) is 45.3 Å². The lowest BCUT2D eigenvalue weighted by molar-refractivity contribution is 0.212. The summed E-state index contributed by atoms with van der Waals surface area (Å²) in [5, 5.41) is 0. The molecule has 17 heavy (non-hydrogen) atoms. The molecule has 1 saturated carbocycles. The summed E-state index contributed by atoms with van der Waals surface area (Å²) in [6, 6.07) is 0.132. The summed E-state index contributed by atoms with van der Waals surface area (Å²) in [7, 11) is -3.04. The molecule has 0 bridgehead atoms. The van der Waals surface area contributed by atoms with Gasteiger partial charge >= 0.3 is 0 Å². The van der Waals surface area contributed by atoms with Crippen LogP contribution in [-0.4, -0.2) is 51.3 Å². The zero-order valence-electron chi connectivity index (χ0n) is 10.3. The van der Waals surface area contributed by atoms with Crippen molar-refractivity contribution in [1.82, 2.24) is 9.62 Å². The largest absolute Gasteiger partial charge is 0.329 e. The van der Waals surface area contributed by atoms with Gasteiger partial charge in [-0.1, -0.05) is 0 Å². The first-order valence-corrected chi connectivity index (χ1v) is 8.17. The highest BCUT2D eigenvalue weighted by molar-refractivity contribution is 7.89. The minimum absolute atomic E-state index is 0.132. The van der Waals surface area contributed by atoms with Gasteiger partial charge in [-0.3, -0.25) is 0 Å². The Kier molecular flexibility index (Phi) is 4.41. The van der Waals surface area contributed by atoms with Crippen molar-refractivity contribution >= 4 is 10.0 Å². The Balaban J connectivity index is 1.73. The molecule has 1 saturated heterocycles. The minimum atomic E-state index is -3.04. The van der Waals surface area contributed by atoms with Crippen LogP contribution in [0.5, 0.6) is 0 Å². The zero-order valence-corrected chi connectivity index (χ0v) is 11.1. The first-order chi connectivity index (χ1) is 8.09. The van der Waals surface area contributed by atoms with Crippen LogP contribution in [0.3, 0.4) is 0 Å². The van der Waals surface area contributed by atoms with E-state index < -0.39 is 10.0 Å². The number of rotatable bonds is 6. The van der Waals surface area contributed by atoms with Gasteiger partial charge in [0.05, 0.1) is 5.75 Å². The second-order valence-electron chi connectivity index (χ2n) is 5.25. The lowest BCUT2D eigenvalue weighted by Crippen LogP contribution is -2.46. The predicted molar refractivity (Wildman–Crippen MR) is 68.2 cm³/mol. The van der Waals surface area contributed by atoms with Crippen molar-refractivity contribution in [3.8, 4) is 0 Å². The molecule has 2 fully saturated rings. The van der Waals surface area contributed by atoms with E-state index in [9.17, 15) is 8.42 Å². The summed E-state index contributed by atoms with van der Waals surface area (Å²) >= 11 is 0. The quantitative estimate of drug-likeness (QED) is 0.691. The molecule has 0 amide bonds. The Labute approximate surface area is 104 Å². The summed E-state index contributed by atoms with van der Waals surface area (Å²) in [6.45, 7) is 3.50. The summed E-state index contributed by atoms with van der Waals surface area (Å²) in [5.74, 6) is 0.751. The summed E-state index contributed by atoms with van der Waals surface area (Å²) in [5.41, 5.74) is 5.50. The van der Waals surface area contributed by atoms with Gasteiger partial charge in [0.1, 0.15) is 0 Å². The Morgan fingerprint density at radius 1 is 1.18 bits per heavy atom. The molecule has 6 heteroatoms. The molecule has 0 aromatic rings. The molecular formula is C11H23N3O2S. The standard InChI is InChI=1S/C11H23N3O2S/c12-5-8-14-6-3-11(4-7-14)13-17(15,16)9-10-1-2-10/h10-11,13H,1-9,12H2. The summed E-state index contributed by atoms with van der Waals surface area (Å²) in [6.07, 6.45) is 3.97. The summed E-state index contributed by atoms with van der Waals surface area (Å²) in [4.78, 5) is 2.30. The van der Waals surface area contributed by atoms with Gasteiger partial charge in [-0.15, -0.1) is 0 Å².